The SMILES string of the molecule is CC(C)(C)c1[c]ccc(C(C)(C)C)c1.[NaH]. The molecule has 0 nitrogen and oxygen atoms in total. The molecule has 0 aliphatic carbocycles. The molecule has 0 spiro atoms. The Hall–Kier alpha value is 0.220. The molecule has 0 heterocycles. The Morgan fingerprint density at radius 1 is 0.933 bits per heavy atom. The van der Waals surface area contributed by atoms with Gasteiger partial charge in [0.05, 0.1) is 0 Å². The van der Waals surface area contributed by atoms with E-state index in [1.165, 1.54) is 11.1 Å². The Morgan fingerprint density at radius 2 is 1.47 bits per heavy atom. The van der Waals surface area contributed by atoms with E-state index in [2.05, 4.69) is 59.7 Å². The van der Waals surface area contributed by atoms with Crippen molar-refractivity contribution in [3.63, 3.8) is 0 Å². The molecule has 15 heavy (non-hydrogen) atoms. The van der Waals surface area contributed by atoms with Crippen LogP contribution in [-0.2, 0) is 10.8 Å². The summed E-state index contributed by atoms with van der Waals surface area (Å²) < 4.78 is 0. The molecule has 0 unspecified atom stereocenters. The van der Waals surface area contributed by atoms with E-state index in [0.717, 1.165) is 0 Å². The average Bonchev–Trinajstić information content (AvgIpc) is 2.01. The summed E-state index contributed by atoms with van der Waals surface area (Å²) in [4.78, 5) is 0. The molecule has 0 aliphatic rings. The van der Waals surface area contributed by atoms with Crippen molar-refractivity contribution in [1.82, 2.24) is 0 Å². The van der Waals surface area contributed by atoms with Gasteiger partial charge in [-0.3, -0.25) is 0 Å². The summed E-state index contributed by atoms with van der Waals surface area (Å²) in [7, 11) is 0. The third-order valence-electron chi connectivity index (χ3n) is 2.48. The van der Waals surface area contributed by atoms with Crippen LogP contribution >= 0.6 is 0 Å². The van der Waals surface area contributed by atoms with Crippen molar-refractivity contribution in [2.75, 3.05) is 0 Å². The fourth-order valence-corrected chi connectivity index (χ4v) is 1.37. The number of hydrogen-bond donors (Lipinski definition) is 0. The Morgan fingerprint density at radius 3 is 1.87 bits per heavy atom. The summed E-state index contributed by atoms with van der Waals surface area (Å²) >= 11 is 0. The summed E-state index contributed by atoms with van der Waals surface area (Å²) in [6.45, 7) is 13.4. The van der Waals surface area contributed by atoms with Crippen LogP contribution in [0.1, 0.15) is 52.7 Å². The molecule has 1 aromatic carbocycles. The molecule has 0 saturated carbocycles. The Balaban J connectivity index is 0.00000196. The Labute approximate surface area is 117 Å². The zero-order valence-corrected chi connectivity index (χ0v) is 10.2. The zero-order valence-electron chi connectivity index (χ0n) is 10.2. The minimum atomic E-state index is 0. The third kappa shape index (κ3) is 4.30. The Bertz CT molecular complexity index is 284. The van der Waals surface area contributed by atoms with Gasteiger partial charge in [-0.1, -0.05) is 59.7 Å². The van der Waals surface area contributed by atoms with Crippen LogP contribution in [-0.4, -0.2) is 29.6 Å². The van der Waals surface area contributed by atoms with Gasteiger partial charge in [0.2, 0.25) is 0 Å². The van der Waals surface area contributed by atoms with Crippen molar-refractivity contribution in [1.29, 1.82) is 0 Å². The summed E-state index contributed by atoms with van der Waals surface area (Å²) in [5.74, 6) is 0. The van der Waals surface area contributed by atoms with E-state index in [1.807, 2.05) is 6.07 Å². The first-order valence-electron chi connectivity index (χ1n) is 5.24. The second-order valence-corrected chi connectivity index (χ2v) is 5.99. The first kappa shape index (κ1) is 15.2. The second-order valence-electron chi connectivity index (χ2n) is 5.99. The molecule has 79 valence electrons. The Kier molecular flexibility index (Phi) is 5.11. The van der Waals surface area contributed by atoms with E-state index in [-0.39, 0.29) is 40.4 Å². The molecule has 0 aliphatic heterocycles. The van der Waals surface area contributed by atoms with Crippen LogP contribution in [0.4, 0.5) is 0 Å². The summed E-state index contributed by atoms with van der Waals surface area (Å²) in [5.41, 5.74) is 3.11. The molecule has 1 heteroatoms. The molecular weight excluding hydrogens is 191 g/mol. The van der Waals surface area contributed by atoms with E-state index in [0.29, 0.717) is 0 Å². The van der Waals surface area contributed by atoms with E-state index < -0.39 is 0 Å². The number of hydrogen-bond acceptors (Lipinski definition) is 0. The van der Waals surface area contributed by atoms with Crippen LogP contribution in [0.5, 0.6) is 0 Å². The number of rotatable bonds is 0. The molecule has 0 amide bonds. The van der Waals surface area contributed by atoms with Crippen molar-refractivity contribution < 1.29 is 0 Å². The fraction of sp³-hybridized carbons (Fsp3) is 0.571. The van der Waals surface area contributed by atoms with Gasteiger partial charge in [0, 0.05) is 0 Å². The predicted molar refractivity (Wildman–Crippen MR) is 69.8 cm³/mol. The van der Waals surface area contributed by atoms with Crippen LogP contribution in [0, 0.1) is 6.07 Å². The maximum absolute atomic E-state index is 3.32. The first-order valence-corrected chi connectivity index (χ1v) is 5.24. The monoisotopic (exact) mass is 213 g/mol. The minimum absolute atomic E-state index is 0. The molecule has 0 bridgehead atoms. The third-order valence-corrected chi connectivity index (χ3v) is 2.48. The van der Waals surface area contributed by atoms with Crippen LogP contribution in [0.3, 0.4) is 0 Å². The van der Waals surface area contributed by atoms with Crippen LogP contribution in [0.15, 0.2) is 18.2 Å². The molecule has 0 N–H and O–H groups in total. The zero-order chi connectivity index (χ0) is 11.0. The normalized spacial score (nSPS) is 12.1. The van der Waals surface area contributed by atoms with Crippen LogP contribution < -0.4 is 0 Å². The van der Waals surface area contributed by atoms with Crippen molar-refractivity contribution in [3.8, 4) is 0 Å². The second kappa shape index (κ2) is 5.03. The van der Waals surface area contributed by atoms with Gasteiger partial charge in [-0.2, -0.15) is 0 Å². The molecule has 1 aromatic rings. The first-order chi connectivity index (χ1) is 6.21. The maximum atomic E-state index is 3.32. The van der Waals surface area contributed by atoms with E-state index in [9.17, 15) is 0 Å². The fourth-order valence-electron chi connectivity index (χ4n) is 1.37. The van der Waals surface area contributed by atoms with Gasteiger partial charge in [-0.15, -0.1) is 0 Å². The molecule has 1 rings (SSSR count). The molecular formula is C14H22Na. The summed E-state index contributed by atoms with van der Waals surface area (Å²) in [6.07, 6.45) is 0. The molecule has 0 atom stereocenters. The van der Waals surface area contributed by atoms with E-state index in [4.69, 9.17) is 0 Å². The van der Waals surface area contributed by atoms with Crippen molar-refractivity contribution in [2.45, 2.75) is 52.4 Å². The van der Waals surface area contributed by atoms with Crippen LogP contribution in [0.25, 0.3) is 0 Å². The van der Waals surface area contributed by atoms with Crippen molar-refractivity contribution >= 4 is 29.6 Å². The molecule has 0 fully saturated rings. The van der Waals surface area contributed by atoms with Gasteiger partial charge in [0.25, 0.3) is 0 Å². The van der Waals surface area contributed by atoms with E-state index in [1.54, 1.807) is 0 Å². The summed E-state index contributed by atoms with van der Waals surface area (Å²) in [5, 5.41) is 0. The van der Waals surface area contributed by atoms with Gasteiger partial charge in [0.15, 0.2) is 0 Å². The van der Waals surface area contributed by atoms with Crippen LogP contribution in [0.2, 0.25) is 0 Å². The standard InChI is InChI=1S/C14H21.Na.H/c1-13(2,3)11-8-7-9-12(10-11)14(4,5)6;;/h7-8,10H,1-6H3;;. The van der Waals surface area contributed by atoms with Gasteiger partial charge >= 0.3 is 29.6 Å². The summed E-state index contributed by atoms with van der Waals surface area (Å²) in [6, 6.07) is 9.80. The van der Waals surface area contributed by atoms with Crippen molar-refractivity contribution in [2.24, 2.45) is 0 Å². The molecule has 1 radical (unpaired) electrons. The van der Waals surface area contributed by atoms with Gasteiger partial charge < -0.3 is 0 Å². The molecule has 0 saturated heterocycles. The molecule has 0 aromatic heterocycles. The average molecular weight is 213 g/mol. The van der Waals surface area contributed by atoms with E-state index >= 15 is 0 Å². The van der Waals surface area contributed by atoms with Gasteiger partial charge in [-0.25, -0.2) is 0 Å². The van der Waals surface area contributed by atoms with Crippen molar-refractivity contribution in [3.05, 3.63) is 35.4 Å². The predicted octanol–water partition coefficient (Wildman–Crippen LogP) is 3.43. The van der Waals surface area contributed by atoms with Gasteiger partial charge in [-0.05, 0) is 28.0 Å². The quantitative estimate of drug-likeness (QED) is 0.579. The van der Waals surface area contributed by atoms with Gasteiger partial charge in [0.1, 0.15) is 0 Å². The number of benzene rings is 1. The topological polar surface area (TPSA) is 0 Å².